The van der Waals surface area contributed by atoms with E-state index in [4.69, 9.17) is 28.9 Å². The van der Waals surface area contributed by atoms with Gasteiger partial charge >= 0.3 is 0 Å². The molecule has 5 heterocycles. The van der Waals surface area contributed by atoms with Crippen molar-refractivity contribution in [2.24, 2.45) is 0 Å². The molecule has 0 spiro atoms. The first-order chi connectivity index (χ1) is 16.1. The average Bonchev–Trinajstić information content (AvgIpc) is 3.54. The first kappa shape index (κ1) is 21.2. The Kier molecular flexibility index (Phi) is 5.84. The van der Waals surface area contributed by atoms with Gasteiger partial charge in [0.25, 0.3) is 11.8 Å². The summed E-state index contributed by atoms with van der Waals surface area (Å²) in [6.45, 7) is 5.63. The van der Waals surface area contributed by atoms with Gasteiger partial charge in [0.05, 0.1) is 25.5 Å². The van der Waals surface area contributed by atoms with Crippen LogP contribution in [0.15, 0.2) is 29.0 Å². The summed E-state index contributed by atoms with van der Waals surface area (Å²) in [6, 6.07) is 3.75. The lowest BCUT2D eigenvalue weighted by atomic mass is 10.2. The Hall–Kier alpha value is -3.64. The molecule has 0 radical (unpaired) electrons. The number of aromatic nitrogens is 7. The van der Waals surface area contributed by atoms with E-state index < -0.39 is 0 Å². The molecule has 12 heteroatoms. The molecule has 172 valence electrons. The molecule has 1 fully saturated rings. The van der Waals surface area contributed by atoms with E-state index in [2.05, 4.69) is 25.0 Å². The van der Waals surface area contributed by atoms with Gasteiger partial charge < -0.3 is 23.8 Å². The Morgan fingerprint density at radius 3 is 2.67 bits per heavy atom. The molecule has 0 unspecified atom stereocenters. The molecule has 0 aromatic carbocycles. The van der Waals surface area contributed by atoms with Gasteiger partial charge in [-0.25, -0.2) is 14.6 Å². The smallest absolute Gasteiger partial charge is 0.276 e. The molecular formula is C21H25N9O3. The van der Waals surface area contributed by atoms with Crippen molar-refractivity contribution in [3.05, 3.63) is 30.4 Å². The molecule has 0 N–H and O–H groups in total. The molecule has 0 amide bonds. The number of methoxy groups -OCH3 is 1. The molecule has 0 atom stereocenters. The number of likely N-dealkylation sites (N-methyl/N-ethyl adjacent to an activating group) is 1. The normalized spacial score (nSPS) is 14.2. The maximum absolute atomic E-state index is 5.56. The quantitative estimate of drug-likeness (QED) is 0.406. The summed E-state index contributed by atoms with van der Waals surface area (Å²) in [5.74, 6) is 2.08. The van der Waals surface area contributed by atoms with Crippen LogP contribution in [-0.2, 0) is 9.47 Å². The number of hydrogen-bond acceptors (Lipinski definition) is 11. The average molecular weight is 451 g/mol. The Balaban J connectivity index is 1.76. The van der Waals surface area contributed by atoms with Crippen molar-refractivity contribution in [1.82, 2.24) is 34.9 Å². The minimum atomic E-state index is 0.347. The Morgan fingerprint density at radius 1 is 1.12 bits per heavy atom. The van der Waals surface area contributed by atoms with E-state index in [-0.39, 0.29) is 0 Å². The highest BCUT2D eigenvalue weighted by Gasteiger charge is 2.24. The van der Waals surface area contributed by atoms with E-state index in [9.17, 15) is 0 Å². The van der Waals surface area contributed by atoms with E-state index in [0.29, 0.717) is 79.7 Å². The Labute approximate surface area is 190 Å². The summed E-state index contributed by atoms with van der Waals surface area (Å²) in [7, 11) is 3.67. The predicted molar refractivity (Wildman–Crippen MR) is 121 cm³/mol. The molecule has 4 aromatic heterocycles. The van der Waals surface area contributed by atoms with Crippen LogP contribution in [0.3, 0.4) is 0 Å². The molecule has 33 heavy (non-hydrogen) atoms. The molecule has 0 saturated carbocycles. The lowest BCUT2D eigenvalue weighted by Gasteiger charge is -2.29. The second-order valence-corrected chi connectivity index (χ2v) is 7.68. The molecular weight excluding hydrogens is 426 g/mol. The minimum absolute atomic E-state index is 0.347. The Morgan fingerprint density at radius 2 is 1.97 bits per heavy atom. The monoisotopic (exact) mass is 451 g/mol. The van der Waals surface area contributed by atoms with Crippen LogP contribution in [0.5, 0.6) is 0 Å². The van der Waals surface area contributed by atoms with Crippen LogP contribution in [0.25, 0.3) is 28.6 Å². The third kappa shape index (κ3) is 4.22. The SMILES string of the molecule is COCCN(C)c1cc(-c2nc(C)no2)nc2c(N3CCOCC3)nc(-n3cccn3)nc12. The van der Waals surface area contributed by atoms with E-state index in [1.807, 2.05) is 25.4 Å². The van der Waals surface area contributed by atoms with Crippen molar-refractivity contribution >= 4 is 22.5 Å². The van der Waals surface area contributed by atoms with Gasteiger partial charge in [-0.15, -0.1) is 0 Å². The lowest BCUT2D eigenvalue weighted by Crippen LogP contribution is -2.37. The number of morpholine rings is 1. The predicted octanol–water partition coefficient (Wildman–Crippen LogP) is 1.49. The summed E-state index contributed by atoms with van der Waals surface area (Å²) in [5.41, 5.74) is 2.77. The molecule has 12 nitrogen and oxygen atoms in total. The topological polar surface area (TPSA) is 120 Å². The fourth-order valence-corrected chi connectivity index (χ4v) is 3.70. The molecule has 4 aromatic rings. The summed E-state index contributed by atoms with van der Waals surface area (Å²) >= 11 is 0. The van der Waals surface area contributed by atoms with Gasteiger partial charge in [-0.2, -0.15) is 15.1 Å². The zero-order valence-corrected chi connectivity index (χ0v) is 18.8. The number of anilines is 2. The number of pyridine rings is 1. The van der Waals surface area contributed by atoms with E-state index in [1.165, 1.54) is 0 Å². The standard InChI is InChI=1S/C21H25N9O3/c1-14-23-20(33-27-14)15-13-16(28(2)7-10-31-3)17-18(24-15)19(29-8-11-32-12-9-29)26-21(25-17)30-6-4-5-22-30/h4-6,13H,7-12H2,1-3H3. The first-order valence-electron chi connectivity index (χ1n) is 10.7. The second-order valence-electron chi connectivity index (χ2n) is 7.68. The molecule has 1 aliphatic rings. The van der Waals surface area contributed by atoms with Gasteiger partial charge in [-0.05, 0) is 19.1 Å². The first-order valence-corrected chi connectivity index (χ1v) is 10.7. The van der Waals surface area contributed by atoms with Gasteiger partial charge in [0, 0.05) is 46.2 Å². The van der Waals surface area contributed by atoms with E-state index in [1.54, 1.807) is 24.9 Å². The molecule has 0 aliphatic carbocycles. The summed E-state index contributed by atoms with van der Waals surface area (Å²) in [6.07, 6.45) is 3.52. The molecule has 1 saturated heterocycles. The third-order valence-electron chi connectivity index (χ3n) is 5.41. The summed E-state index contributed by atoms with van der Waals surface area (Å²) in [5, 5.41) is 8.26. The second kappa shape index (κ2) is 9.08. The number of fused-ring (bicyclic) bond motifs is 1. The number of hydrogen-bond donors (Lipinski definition) is 0. The minimum Gasteiger partial charge on any atom is -0.383 e. The largest absolute Gasteiger partial charge is 0.383 e. The highest BCUT2D eigenvalue weighted by atomic mass is 16.5. The summed E-state index contributed by atoms with van der Waals surface area (Å²) in [4.78, 5) is 23.2. The molecule has 1 aliphatic heterocycles. The zero-order chi connectivity index (χ0) is 22.8. The van der Waals surface area contributed by atoms with Crippen molar-refractivity contribution in [1.29, 1.82) is 0 Å². The fourth-order valence-electron chi connectivity index (χ4n) is 3.70. The van der Waals surface area contributed by atoms with Crippen LogP contribution in [0, 0.1) is 6.92 Å². The van der Waals surface area contributed by atoms with Crippen molar-refractivity contribution in [2.75, 3.05) is 63.4 Å². The van der Waals surface area contributed by atoms with Gasteiger partial charge in [0.15, 0.2) is 11.6 Å². The van der Waals surface area contributed by atoms with Gasteiger partial charge in [-0.1, -0.05) is 5.16 Å². The maximum atomic E-state index is 5.56. The van der Waals surface area contributed by atoms with Gasteiger partial charge in [0.1, 0.15) is 16.7 Å². The van der Waals surface area contributed by atoms with Crippen LogP contribution in [-0.4, -0.2) is 88.5 Å². The maximum Gasteiger partial charge on any atom is 0.276 e. The number of nitrogens with zero attached hydrogens (tertiary/aromatic N) is 9. The van der Waals surface area contributed by atoms with Crippen LogP contribution < -0.4 is 9.80 Å². The molecule has 5 rings (SSSR count). The fraction of sp³-hybridized carbons (Fsp3) is 0.429. The van der Waals surface area contributed by atoms with E-state index in [0.717, 1.165) is 5.69 Å². The molecule has 0 bridgehead atoms. The third-order valence-corrected chi connectivity index (χ3v) is 5.41. The van der Waals surface area contributed by atoms with E-state index >= 15 is 0 Å². The number of rotatable bonds is 7. The zero-order valence-electron chi connectivity index (χ0n) is 18.8. The van der Waals surface area contributed by atoms with Crippen molar-refractivity contribution in [3.8, 4) is 17.5 Å². The van der Waals surface area contributed by atoms with Crippen molar-refractivity contribution < 1.29 is 14.0 Å². The van der Waals surface area contributed by atoms with Crippen molar-refractivity contribution in [3.63, 3.8) is 0 Å². The summed E-state index contributed by atoms with van der Waals surface area (Å²) < 4.78 is 17.9. The van der Waals surface area contributed by atoms with Crippen LogP contribution in [0.4, 0.5) is 11.5 Å². The van der Waals surface area contributed by atoms with Crippen molar-refractivity contribution in [2.45, 2.75) is 6.92 Å². The highest BCUT2D eigenvalue weighted by molar-refractivity contribution is 5.97. The lowest BCUT2D eigenvalue weighted by molar-refractivity contribution is 0.122. The van der Waals surface area contributed by atoms with Crippen LogP contribution >= 0.6 is 0 Å². The Bertz CT molecular complexity index is 1240. The number of ether oxygens (including phenoxy) is 2. The van der Waals surface area contributed by atoms with Crippen LogP contribution in [0.1, 0.15) is 5.82 Å². The van der Waals surface area contributed by atoms with Gasteiger partial charge in [-0.3, -0.25) is 0 Å². The van der Waals surface area contributed by atoms with Gasteiger partial charge in [0.2, 0.25) is 0 Å². The highest BCUT2D eigenvalue weighted by Crippen LogP contribution is 2.34. The van der Waals surface area contributed by atoms with Crippen LogP contribution in [0.2, 0.25) is 0 Å². The number of aryl methyl sites for hydroxylation is 1.